The summed E-state index contributed by atoms with van der Waals surface area (Å²) in [5.41, 5.74) is -0.0969. The second-order valence-electron chi connectivity index (χ2n) is 5.53. The van der Waals surface area contributed by atoms with Gasteiger partial charge in [0.25, 0.3) is 5.91 Å². The molecule has 0 spiro atoms. The molecule has 1 heterocycles. The molecule has 1 saturated heterocycles. The summed E-state index contributed by atoms with van der Waals surface area (Å²) in [6, 6.07) is 3.93. The Balaban J connectivity index is 2.59. The lowest BCUT2D eigenvalue weighted by Gasteiger charge is -2.44. The van der Waals surface area contributed by atoms with E-state index in [1.807, 2.05) is 13.8 Å². The number of nitrogens with zero attached hydrogens (tertiary/aromatic N) is 1. The lowest BCUT2D eigenvalue weighted by molar-refractivity contribution is -0.138. The topological polar surface area (TPSA) is 49.4 Å². The number of hydrogen-bond donors (Lipinski definition) is 1. The Morgan fingerprint density at radius 1 is 1.29 bits per heavy atom. The number of benzene rings is 1. The molecule has 1 fully saturated rings. The number of anilines is 1. The van der Waals surface area contributed by atoms with Crippen molar-refractivity contribution >= 4 is 17.5 Å². The lowest BCUT2D eigenvalue weighted by Crippen LogP contribution is -2.70. The van der Waals surface area contributed by atoms with Gasteiger partial charge in [0, 0.05) is 0 Å². The number of carbonyl (C=O) groups is 2. The summed E-state index contributed by atoms with van der Waals surface area (Å²) >= 11 is 0. The largest absolute Gasteiger partial charge is 0.340 e. The van der Waals surface area contributed by atoms with E-state index in [1.165, 1.54) is 11.0 Å². The Bertz CT molecular complexity index is 561. The number of para-hydroxylation sites is 1. The highest BCUT2D eigenvalue weighted by atomic mass is 19.1. The number of halogens is 1. The minimum Gasteiger partial charge on any atom is -0.340 e. The van der Waals surface area contributed by atoms with Crippen LogP contribution in [-0.2, 0) is 9.59 Å². The van der Waals surface area contributed by atoms with Crippen molar-refractivity contribution in [2.75, 3.05) is 4.90 Å². The van der Waals surface area contributed by atoms with Crippen molar-refractivity contribution in [1.82, 2.24) is 5.32 Å². The SMILES string of the molecule is CCC1(CC)NC(=O)C(C)N(c2c(C)cccc2F)C1=O. The quantitative estimate of drug-likeness (QED) is 0.930. The highest BCUT2D eigenvalue weighted by Crippen LogP contribution is 2.33. The maximum Gasteiger partial charge on any atom is 0.253 e. The molecule has 0 radical (unpaired) electrons. The van der Waals surface area contributed by atoms with Gasteiger partial charge in [-0.2, -0.15) is 0 Å². The molecule has 0 aromatic heterocycles. The smallest absolute Gasteiger partial charge is 0.253 e. The molecular weight excluding hydrogens is 271 g/mol. The van der Waals surface area contributed by atoms with E-state index in [2.05, 4.69) is 5.32 Å². The van der Waals surface area contributed by atoms with Gasteiger partial charge in [0.15, 0.2) is 0 Å². The van der Waals surface area contributed by atoms with E-state index in [4.69, 9.17) is 0 Å². The zero-order valence-electron chi connectivity index (χ0n) is 12.9. The fourth-order valence-electron chi connectivity index (χ4n) is 2.87. The summed E-state index contributed by atoms with van der Waals surface area (Å²) in [5.74, 6) is -0.972. The molecule has 2 amide bonds. The van der Waals surface area contributed by atoms with E-state index in [0.29, 0.717) is 18.4 Å². The van der Waals surface area contributed by atoms with Crippen LogP contribution >= 0.6 is 0 Å². The van der Waals surface area contributed by atoms with Crippen LogP contribution in [0, 0.1) is 12.7 Å². The summed E-state index contributed by atoms with van der Waals surface area (Å²) in [7, 11) is 0. The van der Waals surface area contributed by atoms with Gasteiger partial charge in [0.1, 0.15) is 17.4 Å². The molecule has 0 saturated carbocycles. The summed E-state index contributed by atoms with van der Waals surface area (Å²) in [6.07, 6.45) is 0.954. The zero-order valence-corrected chi connectivity index (χ0v) is 12.9. The number of hydrogen-bond acceptors (Lipinski definition) is 2. The molecule has 1 N–H and O–H groups in total. The third kappa shape index (κ3) is 2.30. The predicted molar refractivity (Wildman–Crippen MR) is 79.5 cm³/mol. The van der Waals surface area contributed by atoms with E-state index in [1.54, 1.807) is 26.0 Å². The fraction of sp³-hybridized carbons (Fsp3) is 0.500. The maximum absolute atomic E-state index is 14.2. The Kier molecular flexibility index (Phi) is 4.03. The van der Waals surface area contributed by atoms with Crippen LogP contribution in [0.2, 0.25) is 0 Å². The Morgan fingerprint density at radius 2 is 1.90 bits per heavy atom. The Labute approximate surface area is 124 Å². The van der Waals surface area contributed by atoms with Crippen LogP contribution < -0.4 is 10.2 Å². The van der Waals surface area contributed by atoms with Gasteiger partial charge in [0.05, 0.1) is 5.69 Å². The molecule has 0 bridgehead atoms. The monoisotopic (exact) mass is 292 g/mol. The van der Waals surface area contributed by atoms with Crippen LogP contribution in [0.4, 0.5) is 10.1 Å². The molecule has 114 valence electrons. The van der Waals surface area contributed by atoms with Crippen molar-refractivity contribution in [3.8, 4) is 0 Å². The van der Waals surface area contributed by atoms with Gasteiger partial charge in [-0.25, -0.2) is 4.39 Å². The summed E-state index contributed by atoms with van der Waals surface area (Å²) in [5, 5.41) is 2.81. The number of carbonyl (C=O) groups excluding carboxylic acids is 2. The number of nitrogens with one attached hydrogen (secondary N) is 1. The van der Waals surface area contributed by atoms with E-state index >= 15 is 0 Å². The second kappa shape index (κ2) is 5.47. The van der Waals surface area contributed by atoms with Crippen LogP contribution in [0.25, 0.3) is 0 Å². The average molecular weight is 292 g/mol. The first-order valence-electron chi connectivity index (χ1n) is 7.28. The number of aryl methyl sites for hydroxylation is 1. The summed E-state index contributed by atoms with van der Waals surface area (Å²) < 4.78 is 14.2. The highest BCUT2D eigenvalue weighted by molar-refractivity contribution is 6.11. The van der Waals surface area contributed by atoms with Gasteiger partial charge < -0.3 is 5.32 Å². The summed E-state index contributed by atoms with van der Waals surface area (Å²) in [6.45, 7) is 7.06. The molecule has 5 heteroatoms. The molecule has 1 aliphatic heterocycles. The van der Waals surface area contributed by atoms with E-state index in [9.17, 15) is 14.0 Å². The van der Waals surface area contributed by atoms with Gasteiger partial charge in [-0.1, -0.05) is 26.0 Å². The van der Waals surface area contributed by atoms with Crippen molar-refractivity contribution in [3.63, 3.8) is 0 Å². The molecular formula is C16H21FN2O2. The van der Waals surface area contributed by atoms with Crippen LogP contribution in [0.15, 0.2) is 18.2 Å². The summed E-state index contributed by atoms with van der Waals surface area (Å²) in [4.78, 5) is 26.5. The number of piperazine rings is 1. The normalized spacial score (nSPS) is 21.4. The van der Waals surface area contributed by atoms with Crippen LogP contribution in [-0.4, -0.2) is 23.4 Å². The van der Waals surface area contributed by atoms with Gasteiger partial charge in [-0.15, -0.1) is 0 Å². The third-order valence-electron chi connectivity index (χ3n) is 4.39. The first kappa shape index (κ1) is 15.5. The minimum atomic E-state index is -0.946. The van der Waals surface area contributed by atoms with Crippen molar-refractivity contribution in [2.45, 2.75) is 52.1 Å². The molecule has 1 aromatic carbocycles. The van der Waals surface area contributed by atoms with Gasteiger partial charge >= 0.3 is 0 Å². The maximum atomic E-state index is 14.2. The lowest BCUT2D eigenvalue weighted by atomic mass is 9.86. The second-order valence-corrected chi connectivity index (χ2v) is 5.53. The van der Waals surface area contributed by atoms with Gasteiger partial charge in [0.2, 0.25) is 5.91 Å². The standard InChI is InChI=1S/C16H21FN2O2/c1-5-16(6-2)15(21)19(11(4)14(20)18-16)13-10(3)8-7-9-12(13)17/h7-9,11H,5-6H2,1-4H3,(H,18,20). The molecule has 4 nitrogen and oxygen atoms in total. The van der Waals surface area contributed by atoms with Gasteiger partial charge in [-0.05, 0) is 38.3 Å². The third-order valence-corrected chi connectivity index (χ3v) is 4.39. The molecule has 1 unspecified atom stereocenters. The number of rotatable bonds is 3. The van der Waals surface area contributed by atoms with Crippen LogP contribution in [0.1, 0.15) is 39.2 Å². The Hall–Kier alpha value is -1.91. The van der Waals surface area contributed by atoms with Crippen molar-refractivity contribution < 1.29 is 14.0 Å². The molecule has 1 aromatic rings. The first-order valence-corrected chi connectivity index (χ1v) is 7.28. The number of amides is 2. The average Bonchev–Trinajstić information content (AvgIpc) is 2.46. The van der Waals surface area contributed by atoms with Crippen LogP contribution in [0.5, 0.6) is 0 Å². The van der Waals surface area contributed by atoms with Crippen molar-refractivity contribution in [2.24, 2.45) is 0 Å². The predicted octanol–water partition coefficient (Wildman–Crippen LogP) is 2.54. The molecule has 1 atom stereocenters. The molecule has 0 aliphatic carbocycles. The van der Waals surface area contributed by atoms with Gasteiger partial charge in [-0.3, -0.25) is 14.5 Å². The molecule has 2 rings (SSSR count). The Morgan fingerprint density at radius 3 is 2.43 bits per heavy atom. The zero-order chi connectivity index (χ0) is 15.8. The van der Waals surface area contributed by atoms with Crippen molar-refractivity contribution in [3.05, 3.63) is 29.6 Å². The van der Waals surface area contributed by atoms with Crippen molar-refractivity contribution in [1.29, 1.82) is 0 Å². The fourth-order valence-corrected chi connectivity index (χ4v) is 2.87. The molecule has 21 heavy (non-hydrogen) atoms. The minimum absolute atomic E-state index is 0.205. The highest BCUT2D eigenvalue weighted by Gasteiger charge is 2.48. The van der Waals surface area contributed by atoms with E-state index in [0.717, 1.165) is 0 Å². The van der Waals surface area contributed by atoms with E-state index < -0.39 is 17.4 Å². The first-order chi connectivity index (χ1) is 9.88. The molecule has 1 aliphatic rings. The van der Waals surface area contributed by atoms with Crippen LogP contribution in [0.3, 0.4) is 0 Å². The van der Waals surface area contributed by atoms with E-state index in [-0.39, 0.29) is 17.5 Å².